The van der Waals surface area contributed by atoms with E-state index in [-0.39, 0.29) is 29.6 Å². The molecule has 3 nitrogen and oxygen atoms in total. The molecule has 0 bridgehead atoms. The average molecular weight is 293 g/mol. The second-order valence-electron chi connectivity index (χ2n) is 4.05. The monoisotopic (exact) mass is 293 g/mol. The Balaban J connectivity index is 0.00000200. The van der Waals surface area contributed by atoms with Gasteiger partial charge in [-0.15, -0.1) is 5.69 Å². The van der Waals surface area contributed by atoms with Crippen molar-refractivity contribution in [1.29, 1.82) is 0 Å². The zero-order valence-corrected chi connectivity index (χ0v) is 14.7. The van der Waals surface area contributed by atoms with Gasteiger partial charge in [0, 0.05) is 17.6 Å². The fourth-order valence-electron chi connectivity index (χ4n) is 1.66. The third kappa shape index (κ3) is 4.94. The molecule has 5 heteroatoms. The number of hydrogen-bond donors (Lipinski definition) is 0. The number of rotatable bonds is 6. The molecule has 20 heavy (non-hydrogen) atoms. The number of hydrogen-bond acceptors (Lipinski definition) is 3. The minimum Gasteiger partial charge on any atom is -0.674 e. The van der Waals surface area contributed by atoms with Gasteiger partial charge in [0.2, 0.25) is 0 Å². The van der Waals surface area contributed by atoms with Crippen molar-refractivity contribution in [3.8, 4) is 0 Å². The number of para-hydroxylation sites is 2. The summed E-state index contributed by atoms with van der Waals surface area (Å²) in [6, 6.07) is 11.8. The molecule has 0 amide bonds. The van der Waals surface area contributed by atoms with E-state index in [1.165, 1.54) is 5.56 Å². The van der Waals surface area contributed by atoms with Crippen LogP contribution in [0.25, 0.3) is 5.32 Å². The fraction of sp³-hybridized carbons (Fsp3) is 0.200. The zero-order chi connectivity index (χ0) is 13.5. The summed E-state index contributed by atoms with van der Waals surface area (Å²) in [5, 5.41) is 4.52. The van der Waals surface area contributed by atoms with E-state index in [0.717, 1.165) is 22.8 Å². The van der Waals surface area contributed by atoms with Gasteiger partial charge in [-0.2, -0.15) is 11.8 Å². The van der Waals surface area contributed by atoms with Crippen molar-refractivity contribution in [2.45, 2.75) is 12.7 Å². The molecular formula is C15H16N3NaS. The Bertz CT molecular complexity index is 560. The van der Waals surface area contributed by atoms with Crippen LogP contribution in [0.2, 0.25) is 0 Å². The van der Waals surface area contributed by atoms with Crippen LogP contribution >= 0.6 is 11.8 Å². The Kier molecular flexibility index (Phi) is 7.92. The molecule has 0 atom stereocenters. The van der Waals surface area contributed by atoms with Gasteiger partial charge in [0.1, 0.15) is 0 Å². The first-order valence-corrected chi connectivity index (χ1v) is 7.18. The maximum absolute atomic E-state index is 4.52. The van der Waals surface area contributed by atoms with Gasteiger partial charge in [0.05, 0.1) is 5.69 Å². The molecule has 0 saturated carbocycles. The number of benzene rings is 1. The van der Waals surface area contributed by atoms with E-state index in [2.05, 4.69) is 35.0 Å². The summed E-state index contributed by atoms with van der Waals surface area (Å²) in [6.45, 7) is 5.63. The molecule has 0 N–H and O–H groups in total. The smallest absolute Gasteiger partial charge is 0.674 e. The molecule has 1 aromatic carbocycles. The maximum atomic E-state index is 4.52. The van der Waals surface area contributed by atoms with Crippen LogP contribution in [-0.4, -0.2) is 17.6 Å². The normalized spacial score (nSPS) is 9.65. The minimum absolute atomic E-state index is 0. The first-order chi connectivity index (χ1) is 9.31. The number of aliphatic imine (C=N–C) groups is 1. The molecule has 0 spiro atoms. The van der Waals surface area contributed by atoms with Gasteiger partial charge in [-0.3, -0.25) is 9.98 Å². The average Bonchev–Trinajstić information content (AvgIpc) is 2.45. The van der Waals surface area contributed by atoms with Crippen molar-refractivity contribution in [2.24, 2.45) is 4.99 Å². The molecule has 0 saturated heterocycles. The van der Waals surface area contributed by atoms with Crippen LogP contribution in [-0.2, 0) is 5.75 Å². The van der Waals surface area contributed by atoms with Crippen molar-refractivity contribution in [1.82, 2.24) is 4.98 Å². The third-order valence-corrected chi connectivity index (χ3v) is 3.52. The maximum Gasteiger partial charge on any atom is 1.00 e. The Labute approximate surface area is 146 Å². The summed E-state index contributed by atoms with van der Waals surface area (Å²) in [5.41, 5.74) is 4.07. The Morgan fingerprint density at radius 3 is 2.80 bits per heavy atom. The molecule has 0 aliphatic rings. The van der Waals surface area contributed by atoms with Crippen LogP contribution in [0.3, 0.4) is 0 Å². The van der Waals surface area contributed by atoms with Crippen molar-refractivity contribution in [3.05, 3.63) is 59.2 Å². The topological polar surface area (TPSA) is 39.4 Å². The zero-order valence-electron chi connectivity index (χ0n) is 11.9. The predicted molar refractivity (Wildman–Crippen MR) is 83.8 cm³/mol. The number of nitrogens with zero attached hydrogens (tertiary/aromatic N) is 3. The van der Waals surface area contributed by atoms with E-state index in [9.17, 15) is 0 Å². The summed E-state index contributed by atoms with van der Waals surface area (Å²) in [7, 11) is 0. The van der Waals surface area contributed by atoms with Crippen LogP contribution < -0.4 is 29.6 Å². The van der Waals surface area contributed by atoms with Crippen LogP contribution in [0.4, 0.5) is 11.4 Å². The molecule has 0 aliphatic heterocycles. The van der Waals surface area contributed by atoms with Gasteiger partial charge >= 0.3 is 29.6 Å². The molecule has 0 radical (unpaired) electrons. The van der Waals surface area contributed by atoms with Gasteiger partial charge in [-0.25, -0.2) is 0 Å². The standard InChI is InChI=1S/C15H16N3S.Na/c1-12-6-5-9-17-15(12)10-19-11-18-14-8-4-3-7-13(14)16-2;/h3-9H,2,10-11H2,1H3;/q-1;+1. The van der Waals surface area contributed by atoms with Crippen LogP contribution in [0.15, 0.2) is 47.6 Å². The third-order valence-electron chi connectivity index (χ3n) is 2.73. The minimum atomic E-state index is 0. The molecule has 1 heterocycles. The Morgan fingerprint density at radius 2 is 2.05 bits per heavy atom. The van der Waals surface area contributed by atoms with Gasteiger partial charge in [-0.05, 0) is 31.3 Å². The van der Waals surface area contributed by atoms with Crippen LogP contribution in [0.5, 0.6) is 0 Å². The summed E-state index contributed by atoms with van der Waals surface area (Å²) in [4.78, 5) is 8.32. The van der Waals surface area contributed by atoms with E-state index in [4.69, 9.17) is 0 Å². The SMILES string of the molecule is C=Nc1ccccc1[N-]CSCc1ncccc1C.[Na+]. The van der Waals surface area contributed by atoms with E-state index >= 15 is 0 Å². The first-order valence-electron chi connectivity index (χ1n) is 6.03. The number of aryl methyl sites for hydroxylation is 1. The van der Waals surface area contributed by atoms with E-state index in [0.29, 0.717) is 5.88 Å². The van der Waals surface area contributed by atoms with Crippen LogP contribution in [0, 0.1) is 6.92 Å². The number of aromatic nitrogens is 1. The van der Waals surface area contributed by atoms with Crippen LogP contribution in [0.1, 0.15) is 11.3 Å². The second kappa shape index (κ2) is 9.19. The molecule has 0 aliphatic carbocycles. The van der Waals surface area contributed by atoms with Gasteiger partial charge in [0.25, 0.3) is 0 Å². The summed E-state index contributed by atoms with van der Waals surface area (Å²) in [5.74, 6) is 1.57. The molecule has 98 valence electrons. The van der Waals surface area contributed by atoms with Gasteiger partial charge in [0.15, 0.2) is 0 Å². The van der Waals surface area contributed by atoms with Gasteiger partial charge < -0.3 is 5.32 Å². The quantitative estimate of drug-likeness (QED) is 0.461. The molecular weight excluding hydrogens is 277 g/mol. The molecule has 0 unspecified atom stereocenters. The Morgan fingerprint density at radius 1 is 1.25 bits per heavy atom. The van der Waals surface area contributed by atoms with Gasteiger partial charge in [-0.1, -0.05) is 30.1 Å². The van der Waals surface area contributed by atoms with E-state index in [1.807, 2.05) is 36.5 Å². The molecule has 2 rings (SSSR count). The first kappa shape index (κ1) is 17.2. The largest absolute Gasteiger partial charge is 1.00 e. The van der Waals surface area contributed by atoms with E-state index in [1.54, 1.807) is 11.8 Å². The van der Waals surface area contributed by atoms with Crippen molar-refractivity contribution in [3.63, 3.8) is 0 Å². The van der Waals surface area contributed by atoms with Crippen molar-refractivity contribution >= 4 is 29.9 Å². The molecule has 0 fully saturated rings. The summed E-state index contributed by atoms with van der Waals surface area (Å²) >= 11 is 1.74. The predicted octanol–water partition coefficient (Wildman–Crippen LogP) is 1.62. The molecule has 2 aromatic rings. The molecule has 1 aromatic heterocycles. The Hall–Kier alpha value is -0.810. The number of pyridine rings is 1. The number of thioether (sulfide) groups is 1. The van der Waals surface area contributed by atoms with Crippen molar-refractivity contribution in [2.75, 3.05) is 5.88 Å². The fourth-order valence-corrected chi connectivity index (χ4v) is 2.48. The van der Waals surface area contributed by atoms with E-state index < -0.39 is 0 Å². The summed E-state index contributed by atoms with van der Waals surface area (Å²) < 4.78 is 0. The van der Waals surface area contributed by atoms with Crippen molar-refractivity contribution < 1.29 is 29.6 Å². The second-order valence-corrected chi connectivity index (χ2v) is 5.00. The summed E-state index contributed by atoms with van der Waals surface area (Å²) in [6.07, 6.45) is 1.83.